The van der Waals surface area contributed by atoms with Crippen LogP contribution in [0.2, 0.25) is 0 Å². The number of carbonyl (C=O) groups is 1. The number of fused-ring (bicyclic) bond motifs is 1. The maximum atomic E-state index is 14.7. The Hall–Kier alpha value is -3.27. The van der Waals surface area contributed by atoms with E-state index in [0.29, 0.717) is 12.1 Å². The number of hydrogen-bond donors (Lipinski definition) is 4. The van der Waals surface area contributed by atoms with E-state index in [-0.39, 0.29) is 30.0 Å². The maximum Gasteiger partial charge on any atom is 0.264 e. The zero-order valence-electron chi connectivity index (χ0n) is 16.8. The summed E-state index contributed by atoms with van der Waals surface area (Å²) < 4.78 is 42.8. The maximum absolute atomic E-state index is 14.7. The molecule has 2 heterocycles. The summed E-state index contributed by atoms with van der Waals surface area (Å²) in [5.41, 5.74) is 12.6. The van der Waals surface area contributed by atoms with Gasteiger partial charge in [0.1, 0.15) is 5.82 Å². The second-order valence-electron chi connectivity index (χ2n) is 7.76. The number of primary amides is 1. The Morgan fingerprint density at radius 3 is 2.87 bits per heavy atom. The van der Waals surface area contributed by atoms with Crippen molar-refractivity contribution in [3.8, 4) is 0 Å². The average Bonchev–Trinajstić information content (AvgIpc) is 3.20. The van der Waals surface area contributed by atoms with Gasteiger partial charge in [0, 0.05) is 36.6 Å². The number of anilines is 3. The molecule has 1 amide bonds. The number of halogens is 3. The van der Waals surface area contributed by atoms with Crippen molar-refractivity contribution in [3.05, 3.63) is 47.9 Å². The van der Waals surface area contributed by atoms with Gasteiger partial charge in [-0.2, -0.15) is 0 Å². The van der Waals surface area contributed by atoms with Crippen molar-refractivity contribution >= 4 is 34.1 Å². The molecule has 7 nitrogen and oxygen atoms in total. The Morgan fingerprint density at radius 2 is 2.13 bits per heavy atom. The fourth-order valence-electron chi connectivity index (χ4n) is 4.03. The predicted octanol–water partition coefficient (Wildman–Crippen LogP) is 3.50. The molecule has 1 aliphatic rings. The fraction of sp³-hybridized carbons (Fsp3) is 0.333. The van der Waals surface area contributed by atoms with E-state index in [2.05, 4.69) is 15.3 Å². The van der Waals surface area contributed by atoms with Gasteiger partial charge in [-0.3, -0.25) is 4.79 Å². The first-order chi connectivity index (χ1) is 14.7. The second kappa shape index (κ2) is 7.77. The molecule has 31 heavy (non-hydrogen) atoms. The number of H-pyrrole nitrogens is 1. The summed E-state index contributed by atoms with van der Waals surface area (Å²) in [5.74, 6) is -4.94. The molecule has 1 saturated carbocycles. The third-order valence-corrected chi connectivity index (χ3v) is 5.74. The van der Waals surface area contributed by atoms with E-state index < -0.39 is 29.7 Å². The van der Waals surface area contributed by atoms with Crippen LogP contribution in [0, 0.1) is 5.82 Å². The summed E-state index contributed by atoms with van der Waals surface area (Å²) in [7, 11) is 1.67. The van der Waals surface area contributed by atoms with Crippen LogP contribution in [0.4, 0.5) is 30.5 Å². The molecule has 0 unspecified atom stereocenters. The van der Waals surface area contributed by atoms with E-state index in [1.54, 1.807) is 18.1 Å². The van der Waals surface area contributed by atoms with Crippen LogP contribution in [0.5, 0.6) is 0 Å². The van der Waals surface area contributed by atoms with Gasteiger partial charge in [-0.1, -0.05) is 6.07 Å². The summed E-state index contributed by atoms with van der Waals surface area (Å²) in [4.78, 5) is 21.0. The van der Waals surface area contributed by atoms with Crippen molar-refractivity contribution in [3.63, 3.8) is 0 Å². The molecule has 10 heteroatoms. The highest BCUT2D eigenvalue weighted by atomic mass is 19.3. The largest absolute Gasteiger partial charge is 0.365 e. The van der Waals surface area contributed by atoms with E-state index >= 15 is 0 Å². The molecule has 0 saturated heterocycles. The predicted molar refractivity (Wildman–Crippen MR) is 113 cm³/mol. The lowest BCUT2D eigenvalue weighted by Gasteiger charge is -2.36. The first-order valence-corrected chi connectivity index (χ1v) is 9.89. The zero-order valence-corrected chi connectivity index (χ0v) is 16.8. The lowest BCUT2D eigenvalue weighted by molar-refractivity contribution is -0.0555. The normalized spacial score (nSPS) is 20.5. The van der Waals surface area contributed by atoms with Crippen LogP contribution >= 0.6 is 0 Å². The van der Waals surface area contributed by atoms with Crippen LogP contribution in [0.25, 0.3) is 10.9 Å². The quantitative estimate of drug-likeness (QED) is 0.493. The number of hydrogen-bond acceptors (Lipinski definition) is 5. The first kappa shape index (κ1) is 21.0. The van der Waals surface area contributed by atoms with E-state index in [9.17, 15) is 18.0 Å². The molecule has 1 aliphatic carbocycles. The minimum absolute atomic E-state index is 0.0984. The van der Waals surface area contributed by atoms with Crippen LogP contribution in [0.3, 0.4) is 0 Å². The van der Waals surface area contributed by atoms with Gasteiger partial charge in [-0.15, -0.1) is 0 Å². The number of carbonyl (C=O) groups excluding carboxylic acids is 1. The van der Waals surface area contributed by atoms with Crippen molar-refractivity contribution in [2.75, 3.05) is 17.3 Å². The third kappa shape index (κ3) is 3.78. The van der Waals surface area contributed by atoms with Crippen molar-refractivity contribution < 1.29 is 18.0 Å². The Kier molecular flexibility index (Phi) is 5.26. The molecule has 2 atom stereocenters. The van der Waals surface area contributed by atoms with Gasteiger partial charge in [-0.05, 0) is 37.1 Å². The number of rotatable bonds is 5. The summed E-state index contributed by atoms with van der Waals surface area (Å²) in [5, 5.41) is 3.58. The Balaban J connectivity index is 1.75. The Bertz CT molecular complexity index is 1130. The van der Waals surface area contributed by atoms with Crippen molar-refractivity contribution in [1.29, 1.82) is 0 Å². The molecule has 0 bridgehead atoms. The van der Waals surface area contributed by atoms with E-state index in [1.165, 1.54) is 0 Å². The fourth-order valence-corrected chi connectivity index (χ4v) is 4.03. The third-order valence-electron chi connectivity index (χ3n) is 5.74. The molecule has 1 fully saturated rings. The summed E-state index contributed by atoms with van der Waals surface area (Å²) >= 11 is 0. The number of aromatic amines is 1. The number of amides is 1. The van der Waals surface area contributed by atoms with Gasteiger partial charge in [0.05, 0.1) is 17.3 Å². The topological polar surface area (TPSA) is 113 Å². The number of aromatic nitrogens is 2. The highest BCUT2D eigenvalue weighted by Gasteiger charge is 2.45. The van der Waals surface area contributed by atoms with Crippen LogP contribution in [-0.2, 0) is 0 Å². The molecular formula is C21H23F3N6O. The lowest BCUT2D eigenvalue weighted by atomic mass is 9.87. The number of nitrogens with zero attached hydrogens (tertiary/aromatic N) is 2. The molecule has 0 aliphatic heterocycles. The van der Waals surface area contributed by atoms with Gasteiger partial charge >= 0.3 is 0 Å². The van der Waals surface area contributed by atoms with Crippen molar-refractivity contribution in [1.82, 2.24) is 9.97 Å². The number of nitrogens with two attached hydrogens (primary N) is 2. The van der Waals surface area contributed by atoms with E-state index in [4.69, 9.17) is 11.5 Å². The van der Waals surface area contributed by atoms with E-state index in [0.717, 1.165) is 17.0 Å². The molecule has 2 aromatic heterocycles. The highest BCUT2D eigenvalue weighted by Crippen LogP contribution is 2.36. The van der Waals surface area contributed by atoms with E-state index in [1.807, 2.05) is 24.3 Å². The summed E-state index contributed by atoms with van der Waals surface area (Å²) in [6.07, 6.45) is 2.06. The van der Waals surface area contributed by atoms with Crippen LogP contribution in [0.15, 0.2) is 36.5 Å². The molecule has 4 rings (SSSR count). The van der Waals surface area contributed by atoms with Crippen LogP contribution < -0.4 is 21.7 Å². The average molecular weight is 432 g/mol. The minimum Gasteiger partial charge on any atom is -0.365 e. The standard InChI is InChI=1S/C21H23F3N6O/c1-30(16-6-2-4-14-11(16)7-9-27-14)20-12(18(26)31)10-13(22)19(29-20)28-15-5-3-8-21(23,24)17(15)25/h2,4,6-7,9-10,15,17,27H,3,5,8,25H2,1H3,(H2,26,31)(H,28,29)/t15-,17-/m1/s1. The van der Waals surface area contributed by atoms with Gasteiger partial charge in [0.25, 0.3) is 11.8 Å². The zero-order chi connectivity index (χ0) is 22.3. The number of pyridine rings is 1. The van der Waals surface area contributed by atoms with Crippen molar-refractivity contribution in [2.45, 2.75) is 37.3 Å². The minimum atomic E-state index is -3.05. The molecule has 6 N–H and O–H groups in total. The summed E-state index contributed by atoms with van der Waals surface area (Å²) in [6, 6.07) is 6.00. The number of alkyl halides is 2. The first-order valence-electron chi connectivity index (χ1n) is 9.89. The monoisotopic (exact) mass is 432 g/mol. The Labute approximate surface area is 176 Å². The highest BCUT2D eigenvalue weighted by molar-refractivity contribution is 6.01. The smallest absolute Gasteiger partial charge is 0.264 e. The molecule has 0 radical (unpaired) electrons. The molecular weight excluding hydrogens is 409 g/mol. The molecule has 164 valence electrons. The lowest BCUT2D eigenvalue weighted by Crippen LogP contribution is -2.55. The van der Waals surface area contributed by atoms with Gasteiger partial charge in [-0.25, -0.2) is 18.2 Å². The SMILES string of the molecule is CN(c1nc(N[C@@H]2CCCC(F)(F)[C@@H]2N)c(F)cc1C(N)=O)c1cccc2[nH]ccc12. The van der Waals surface area contributed by atoms with Gasteiger partial charge in [0.15, 0.2) is 11.6 Å². The van der Waals surface area contributed by atoms with Crippen LogP contribution in [-0.4, -0.2) is 40.9 Å². The van der Waals surface area contributed by atoms with Crippen LogP contribution in [0.1, 0.15) is 29.6 Å². The molecule has 0 spiro atoms. The Morgan fingerprint density at radius 1 is 1.35 bits per heavy atom. The molecule has 1 aromatic carbocycles. The number of benzene rings is 1. The van der Waals surface area contributed by atoms with Crippen molar-refractivity contribution in [2.24, 2.45) is 11.5 Å². The summed E-state index contributed by atoms with van der Waals surface area (Å²) in [6.45, 7) is 0. The molecule has 3 aromatic rings. The number of nitrogens with one attached hydrogen (secondary N) is 2. The second-order valence-corrected chi connectivity index (χ2v) is 7.76. The van der Waals surface area contributed by atoms with Gasteiger partial charge < -0.3 is 26.7 Å². The van der Waals surface area contributed by atoms with Gasteiger partial charge in [0.2, 0.25) is 0 Å².